The van der Waals surface area contributed by atoms with E-state index in [2.05, 4.69) is 27.5 Å². The van der Waals surface area contributed by atoms with Crippen molar-refractivity contribution in [1.82, 2.24) is 20.1 Å². The van der Waals surface area contributed by atoms with Crippen LogP contribution in [0, 0.1) is 0 Å². The van der Waals surface area contributed by atoms with Crippen molar-refractivity contribution in [3.8, 4) is 0 Å². The molecule has 2 aromatic rings. The van der Waals surface area contributed by atoms with Gasteiger partial charge in [-0.2, -0.15) is 5.10 Å². The summed E-state index contributed by atoms with van der Waals surface area (Å²) < 4.78 is 1.85. The third-order valence-electron chi connectivity index (χ3n) is 2.64. The molecule has 16 heavy (non-hydrogen) atoms. The van der Waals surface area contributed by atoms with Crippen LogP contribution in [0.5, 0.6) is 0 Å². The van der Waals surface area contributed by atoms with Crippen LogP contribution in [-0.4, -0.2) is 20.8 Å². The number of thiophene rings is 1. The van der Waals surface area contributed by atoms with E-state index in [1.807, 2.05) is 16.0 Å². The first-order valence-electron chi connectivity index (χ1n) is 5.53. The van der Waals surface area contributed by atoms with Gasteiger partial charge in [-0.05, 0) is 25.0 Å². The van der Waals surface area contributed by atoms with Gasteiger partial charge in [0.15, 0.2) is 0 Å². The van der Waals surface area contributed by atoms with Crippen LogP contribution in [0.15, 0.2) is 24.8 Å². The minimum absolute atomic E-state index is 0.779. The Kier molecular flexibility index (Phi) is 2.71. The third-order valence-corrected chi connectivity index (χ3v) is 3.71. The van der Waals surface area contributed by atoms with Crippen LogP contribution in [0.25, 0.3) is 0 Å². The SMILES string of the molecule is c1ncn(Cc2ccc(CNC3CC3)s2)n1. The highest BCUT2D eigenvalue weighted by molar-refractivity contribution is 7.11. The Labute approximate surface area is 98.3 Å². The molecule has 2 heterocycles. The predicted octanol–water partition coefficient (Wildman–Crippen LogP) is 1.64. The molecule has 3 rings (SSSR count). The largest absolute Gasteiger partial charge is 0.309 e. The van der Waals surface area contributed by atoms with Crippen LogP contribution in [0.1, 0.15) is 22.6 Å². The maximum Gasteiger partial charge on any atom is 0.137 e. The quantitative estimate of drug-likeness (QED) is 0.855. The van der Waals surface area contributed by atoms with E-state index in [0.29, 0.717) is 0 Å². The summed E-state index contributed by atoms with van der Waals surface area (Å²) in [5.74, 6) is 0. The Balaban J connectivity index is 1.58. The molecule has 0 unspecified atom stereocenters. The highest BCUT2D eigenvalue weighted by atomic mass is 32.1. The summed E-state index contributed by atoms with van der Waals surface area (Å²) >= 11 is 1.85. The van der Waals surface area contributed by atoms with Crippen molar-refractivity contribution in [3.05, 3.63) is 34.5 Å². The molecule has 0 amide bonds. The average molecular weight is 234 g/mol. The molecule has 0 radical (unpaired) electrons. The molecule has 1 aliphatic rings. The van der Waals surface area contributed by atoms with Crippen LogP contribution in [0.4, 0.5) is 0 Å². The molecule has 0 aliphatic heterocycles. The molecule has 1 N–H and O–H groups in total. The van der Waals surface area contributed by atoms with E-state index in [9.17, 15) is 0 Å². The molecular formula is C11H14N4S. The number of nitrogens with zero attached hydrogens (tertiary/aromatic N) is 3. The van der Waals surface area contributed by atoms with E-state index in [0.717, 1.165) is 19.1 Å². The smallest absolute Gasteiger partial charge is 0.137 e. The van der Waals surface area contributed by atoms with E-state index in [-0.39, 0.29) is 0 Å². The van der Waals surface area contributed by atoms with Crippen LogP contribution in [0.2, 0.25) is 0 Å². The zero-order chi connectivity index (χ0) is 10.8. The number of hydrogen-bond donors (Lipinski definition) is 1. The molecule has 5 heteroatoms. The minimum atomic E-state index is 0.779. The standard InChI is InChI=1S/C11H14N4S/c1-2-9(1)13-5-10-3-4-11(16-10)6-15-8-12-7-14-15/h3-4,7-9,13H,1-2,5-6H2. The summed E-state index contributed by atoms with van der Waals surface area (Å²) in [7, 11) is 0. The van der Waals surface area contributed by atoms with Gasteiger partial charge in [-0.3, -0.25) is 0 Å². The van der Waals surface area contributed by atoms with Crippen molar-refractivity contribution in [1.29, 1.82) is 0 Å². The van der Waals surface area contributed by atoms with Gasteiger partial charge in [-0.15, -0.1) is 11.3 Å². The zero-order valence-electron chi connectivity index (χ0n) is 8.97. The second-order valence-electron chi connectivity index (χ2n) is 4.12. The first kappa shape index (κ1) is 9.99. The molecule has 1 saturated carbocycles. The third kappa shape index (κ3) is 2.48. The van der Waals surface area contributed by atoms with Gasteiger partial charge in [0, 0.05) is 22.3 Å². The Bertz CT molecular complexity index is 444. The Morgan fingerprint density at radius 1 is 1.38 bits per heavy atom. The van der Waals surface area contributed by atoms with Gasteiger partial charge in [-0.1, -0.05) is 0 Å². The van der Waals surface area contributed by atoms with Crippen molar-refractivity contribution in [2.45, 2.75) is 32.0 Å². The Hall–Kier alpha value is -1.20. The van der Waals surface area contributed by atoms with Crippen molar-refractivity contribution >= 4 is 11.3 Å². The van der Waals surface area contributed by atoms with Crippen LogP contribution in [0.3, 0.4) is 0 Å². The molecule has 0 saturated heterocycles. The van der Waals surface area contributed by atoms with Crippen molar-refractivity contribution in [2.24, 2.45) is 0 Å². The normalized spacial score (nSPS) is 15.5. The van der Waals surface area contributed by atoms with E-state index in [4.69, 9.17) is 0 Å². The molecule has 2 aromatic heterocycles. The monoisotopic (exact) mass is 234 g/mol. The van der Waals surface area contributed by atoms with Gasteiger partial charge < -0.3 is 5.32 Å². The molecule has 0 atom stereocenters. The summed E-state index contributed by atoms with van der Waals surface area (Å²) in [5.41, 5.74) is 0. The summed E-state index contributed by atoms with van der Waals surface area (Å²) in [6, 6.07) is 5.16. The fraction of sp³-hybridized carbons (Fsp3) is 0.455. The molecule has 1 fully saturated rings. The fourth-order valence-corrected chi connectivity index (χ4v) is 2.57. The lowest BCUT2D eigenvalue weighted by atomic mass is 10.4. The van der Waals surface area contributed by atoms with Crippen LogP contribution < -0.4 is 5.32 Å². The van der Waals surface area contributed by atoms with Gasteiger partial charge in [0.2, 0.25) is 0 Å². The lowest BCUT2D eigenvalue weighted by Crippen LogP contribution is -2.14. The van der Waals surface area contributed by atoms with Crippen LogP contribution in [-0.2, 0) is 13.1 Å². The molecule has 84 valence electrons. The lowest BCUT2D eigenvalue weighted by molar-refractivity contribution is 0.692. The van der Waals surface area contributed by atoms with Gasteiger partial charge in [0.1, 0.15) is 12.7 Å². The molecule has 1 aliphatic carbocycles. The average Bonchev–Trinajstić information content (AvgIpc) is 2.78. The lowest BCUT2D eigenvalue weighted by Gasteiger charge is -1.98. The number of hydrogen-bond acceptors (Lipinski definition) is 4. The molecule has 0 bridgehead atoms. The van der Waals surface area contributed by atoms with E-state index >= 15 is 0 Å². The molecular weight excluding hydrogens is 220 g/mol. The number of nitrogens with one attached hydrogen (secondary N) is 1. The zero-order valence-corrected chi connectivity index (χ0v) is 9.78. The molecule has 4 nitrogen and oxygen atoms in total. The van der Waals surface area contributed by atoms with Crippen molar-refractivity contribution in [3.63, 3.8) is 0 Å². The Morgan fingerprint density at radius 3 is 3.00 bits per heavy atom. The highest BCUT2D eigenvalue weighted by Gasteiger charge is 2.20. The second kappa shape index (κ2) is 4.35. The maximum absolute atomic E-state index is 4.10. The van der Waals surface area contributed by atoms with E-state index in [1.54, 1.807) is 12.7 Å². The number of rotatable bonds is 5. The van der Waals surface area contributed by atoms with Gasteiger partial charge >= 0.3 is 0 Å². The van der Waals surface area contributed by atoms with Gasteiger partial charge in [-0.25, -0.2) is 9.67 Å². The highest BCUT2D eigenvalue weighted by Crippen LogP contribution is 2.22. The topological polar surface area (TPSA) is 42.7 Å². The first-order valence-corrected chi connectivity index (χ1v) is 6.35. The fourth-order valence-electron chi connectivity index (χ4n) is 1.61. The van der Waals surface area contributed by atoms with Gasteiger partial charge in [0.25, 0.3) is 0 Å². The predicted molar refractivity (Wildman–Crippen MR) is 63.3 cm³/mol. The van der Waals surface area contributed by atoms with Crippen molar-refractivity contribution < 1.29 is 0 Å². The molecule has 0 aromatic carbocycles. The van der Waals surface area contributed by atoms with Gasteiger partial charge in [0.05, 0.1) is 6.54 Å². The van der Waals surface area contributed by atoms with Crippen LogP contribution >= 0.6 is 11.3 Å². The van der Waals surface area contributed by atoms with E-state index < -0.39 is 0 Å². The van der Waals surface area contributed by atoms with E-state index in [1.165, 1.54) is 22.6 Å². The number of aromatic nitrogens is 3. The summed E-state index contributed by atoms with van der Waals surface area (Å²) in [6.45, 7) is 1.83. The minimum Gasteiger partial charge on any atom is -0.309 e. The summed E-state index contributed by atoms with van der Waals surface area (Å²) in [4.78, 5) is 6.67. The molecule has 0 spiro atoms. The maximum atomic E-state index is 4.10. The van der Waals surface area contributed by atoms with Crippen molar-refractivity contribution in [2.75, 3.05) is 0 Å². The summed E-state index contributed by atoms with van der Waals surface area (Å²) in [6.07, 6.45) is 6.01. The summed E-state index contributed by atoms with van der Waals surface area (Å²) in [5, 5.41) is 7.62. The Morgan fingerprint density at radius 2 is 2.25 bits per heavy atom. The second-order valence-corrected chi connectivity index (χ2v) is 5.37. The first-order chi connectivity index (χ1) is 7.90.